The Hall–Kier alpha value is -1.41. The summed E-state index contributed by atoms with van der Waals surface area (Å²) >= 11 is 5.84. The van der Waals surface area contributed by atoms with Crippen LogP contribution in [0.4, 0.5) is 0 Å². The van der Waals surface area contributed by atoms with Crippen LogP contribution in [0.2, 0.25) is 16.6 Å². The van der Waals surface area contributed by atoms with Gasteiger partial charge in [-0.25, -0.2) is 0 Å². The van der Waals surface area contributed by atoms with E-state index in [9.17, 15) is 0 Å². The first kappa shape index (κ1) is 37.6. The van der Waals surface area contributed by atoms with Gasteiger partial charge in [-0.2, -0.15) is 0 Å². The Morgan fingerprint density at radius 2 is 1.49 bits per heavy atom. The van der Waals surface area contributed by atoms with Crippen LogP contribution in [0, 0.1) is 5.92 Å². The number of methoxy groups -OCH3 is 2. The molecule has 0 aliphatic rings. The normalized spacial score (nSPS) is 15.0. The van der Waals surface area contributed by atoms with Gasteiger partial charge < -0.3 is 23.4 Å². The van der Waals surface area contributed by atoms with Gasteiger partial charge in [0.15, 0.2) is 0 Å². The van der Waals surface area contributed by atoms with Crippen LogP contribution >= 0.6 is 11.6 Å². The van der Waals surface area contributed by atoms with E-state index in [1.807, 2.05) is 36.4 Å². The molecule has 0 bridgehead atoms. The van der Waals surface area contributed by atoms with Gasteiger partial charge in [0.25, 0.3) is 0 Å². The van der Waals surface area contributed by atoms with Crippen molar-refractivity contribution in [3.63, 3.8) is 0 Å². The molecule has 0 spiro atoms. The Labute approximate surface area is 257 Å². The molecule has 7 heteroatoms. The van der Waals surface area contributed by atoms with Gasteiger partial charge in [0.05, 0.1) is 33.0 Å². The maximum absolute atomic E-state index is 7.35. The van der Waals surface area contributed by atoms with E-state index in [-0.39, 0.29) is 18.8 Å². The van der Waals surface area contributed by atoms with Crippen LogP contribution in [0.25, 0.3) is 0 Å². The predicted octanol–water partition coefficient (Wildman–Crippen LogP) is 9.48. The number of alkyl halides is 1. The second kappa shape index (κ2) is 20.5. The lowest BCUT2D eigenvalue weighted by atomic mass is 9.96. The first-order valence-electron chi connectivity index (χ1n) is 15.0. The van der Waals surface area contributed by atoms with Crippen LogP contribution in [-0.4, -0.2) is 54.5 Å². The van der Waals surface area contributed by atoms with E-state index in [0.717, 1.165) is 29.7 Å². The number of hydrogen-bond acceptors (Lipinski definition) is 5. The molecule has 234 valence electrons. The van der Waals surface area contributed by atoms with Gasteiger partial charge in [-0.05, 0) is 65.6 Å². The lowest BCUT2D eigenvalue weighted by Crippen LogP contribution is -2.51. The van der Waals surface area contributed by atoms with E-state index >= 15 is 0 Å². The zero-order valence-electron chi connectivity index (χ0n) is 27.4. The average Bonchev–Trinajstić information content (AvgIpc) is 2.94. The maximum Gasteiger partial charge on any atom is 0.200 e. The topological polar surface area (TPSA) is 46.2 Å². The highest BCUT2D eigenvalue weighted by Crippen LogP contribution is 2.44. The molecular formula is C34H57ClO5Si. The van der Waals surface area contributed by atoms with Crippen molar-refractivity contribution in [2.45, 2.75) is 97.6 Å². The zero-order chi connectivity index (χ0) is 30.8. The number of hydrogen-bond donors (Lipinski definition) is 0. The van der Waals surface area contributed by atoms with Gasteiger partial charge >= 0.3 is 0 Å². The van der Waals surface area contributed by atoms with Gasteiger partial charge in [-0.3, -0.25) is 0 Å². The fourth-order valence-electron chi connectivity index (χ4n) is 5.68. The van der Waals surface area contributed by atoms with Crippen molar-refractivity contribution in [3.05, 3.63) is 65.3 Å². The summed E-state index contributed by atoms with van der Waals surface area (Å²) in [6.45, 7) is 20.3. The van der Waals surface area contributed by atoms with Gasteiger partial charge in [0.2, 0.25) is 8.32 Å². The number of allylic oxidation sites excluding steroid dienone is 4. The summed E-state index contributed by atoms with van der Waals surface area (Å²) in [5, 5.41) is 0. The highest BCUT2D eigenvalue weighted by Gasteiger charge is 2.47. The molecule has 0 radical (unpaired) electrons. The second-order valence-corrected chi connectivity index (χ2v) is 17.5. The summed E-state index contributed by atoms with van der Waals surface area (Å²) in [6, 6.07) is 7.98. The molecule has 0 saturated heterocycles. The molecule has 0 amide bonds. The molecule has 0 aliphatic carbocycles. The van der Waals surface area contributed by atoms with E-state index in [4.69, 9.17) is 35.0 Å². The molecule has 0 saturated carbocycles. The molecule has 0 aromatic heterocycles. The molecule has 41 heavy (non-hydrogen) atoms. The highest BCUT2D eigenvalue weighted by molar-refractivity contribution is 6.77. The van der Waals surface area contributed by atoms with E-state index < -0.39 is 8.32 Å². The lowest BCUT2D eigenvalue weighted by Gasteiger charge is -2.45. The summed E-state index contributed by atoms with van der Waals surface area (Å²) in [4.78, 5) is 0. The largest absolute Gasteiger partial charge is 0.497 e. The van der Waals surface area contributed by atoms with Crippen molar-refractivity contribution < 1.29 is 23.4 Å². The van der Waals surface area contributed by atoms with E-state index in [1.165, 1.54) is 5.57 Å². The molecule has 0 fully saturated rings. The summed E-state index contributed by atoms with van der Waals surface area (Å²) in [5.41, 5.74) is 5.13. The standard InChI is InChI=1S/C34H57ClO5Si/c1-26(2)41(27(3)4,28(5)6)40-34(30(8)14-12-11-13-21-35)20-15-29(7)32(24-39-25-36-9)23-38-22-31-16-18-33(37-10)19-17-31/h11-14,16-19,26-28,30,34H,15,20-25H2,1-10H3/b13-11+,14-12+,32-29-/t30-,34-/m0/s1. The van der Waals surface area contributed by atoms with Crippen LogP contribution in [0.5, 0.6) is 5.75 Å². The third-order valence-electron chi connectivity index (χ3n) is 7.99. The minimum Gasteiger partial charge on any atom is -0.497 e. The number of rotatable bonds is 21. The Morgan fingerprint density at radius 1 is 0.878 bits per heavy atom. The van der Waals surface area contributed by atoms with Crippen molar-refractivity contribution in [3.8, 4) is 5.75 Å². The van der Waals surface area contributed by atoms with Crippen molar-refractivity contribution in [1.82, 2.24) is 0 Å². The van der Waals surface area contributed by atoms with Crippen molar-refractivity contribution in [2.24, 2.45) is 5.92 Å². The first-order chi connectivity index (χ1) is 19.5. The Morgan fingerprint density at radius 3 is 2.02 bits per heavy atom. The van der Waals surface area contributed by atoms with Crippen LogP contribution in [-0.2, 0) is 25.2 Å². The molecule has 1 aromatic rings. The smallest absolute Gasteiger partial charge is 0.200 e. The zero-order valence-corrected chi connectivity index (χ0v) is 29.1. The third kappa shape index (κ3) is 12.8. The summed E-state index contributed by atoms with van der Waals surface area (Å²) in [5.74, 6) is 1.63. The SMILES string of the molecule is COCOC/C(COCc1ccc(OC)cc1)=C(/C)CC[C@H](O[Si](C(C)C)(C(C)C)C(C)C)[C@@H](C)/C=C/C=C/CCl. The van der Waals surface area contributed by atoms with Gasteiger partial charge in [0.1, 0.15) is 12.5 Å². The minimum atomic E-state index is -2.06. The summed E-state index contributed by atoms with van der Waals surface area (Å²) in [7, 11) is 1.25. The molecule has 1 aromatic carbocycles. The molecule has 5 nitrogen and oxygen atoms in total. The first-order valence-corrected chi connectivity index (χ1v) is 17.7. The average molecular weight is 609 g/mol. The second-order valence-electron chi connectivity index (χ2n) is 11.8. The number of ether oxygens (including phenoxy) is 4. The fraction of sp³-hybridized carbons (Fsp3) is 0.647. The number of halogens is 1. The van der Waals surface area contributed by atoms with E-state index in [0.29, 0.717) is 42.3 Å². The Bertz CT molecular complexity index is 902. The quantitative estimate of drug-likeness (QED) is 0.0347. The lowest BCUT2D eigenvalue weighted by molar-refractivity contribution is -0.0248. The molecule has 1 rings (SSSR count). The van der Waals surface area contributed by atoms with Crippen LogP contribution in [0.3, 0.4) is 0 Å². The molecule has 0 N–H and O–H groups in total. The van der Waals surface area contributed by atoms with Crippen molar-refractivity contribution >= 4 is 19.9 Å². The molecule has 0 heterocycles. The van der Waals surface area contributed by atoms with Gasteiger partial charge in [-0.1, -0.05) is 90.5 Å². The van der Waals surface area contributed by atoms with Gasteiger partial charge in [-0.15, -0.1) is 11.6 Å². The molecule has 2 atom stereocenters. The Kier molecular flexibility index (Phi) is 18.8. The fourth-order valence-corrected chi connectivity index (χ4v) is 11.5. The van der Waals surface area contributed by atoms with Crippen LogP contribution in [0.15, 0.2) is 59.7 Å². The monoisotopic (exact) mass is 608 g/mol. The van der Waals surface area contributed by atoms with E-state index in [2.05, 4.69) is 67.5 Å². The van der Waals surface area contributed by atoms with Crippen molar-refractivity contribution in [2.75, 3.05) is 40.1 Å². The highest BCUT2D eigenvalue weighted by atomic mass is 35.5. The van der Waals surface area contributed by atoms with Gasteiger partial charge in [0, 0.05) is 13.0 Å². The van der Waals surface area contributed by atoms with Crippen molar-refractivity contribution in [1.29, 1.82) is 0 Å². The summed E-state index contributed by atoms with van der Waals surface area (Å²) in [6.07, 6.45) is 10.3. The predicted molar refractivity (Wildman–Crippen MR) is 176 cm³/mol. The maximum atomic E-state index is 7.35. The third-order valence-corrected chi connectivity index (χ3v) is 14.3. The summed E-state index contributed by atoms with van der Waals surface area (Å²) < 4.78 is 29.7. The Balaban J connectivity index is 3.16. The number of benzene rings is 1. The molecule has 0 aliphatic heterocycles. The van der Waals surface area contributed by atoms with E-state index in [1.54, 1.807) is 14.2 Å². The molecular weight excluding hydrogens is 552 g/mol. The van der Waals surface area contributed by atoms with Crippen LogP contribution < -0.4 is 4.74 Å². The minimum absolute atomic E-state index is 0.117. The van der Waals surface area contributed by atoms with Crippen LogP contribution in [0.1, 0.15) is 73.8 Å². The molecule has 0 unspecified atom stereocenters.